The summed E-state index contributed by atoms with van der Waals surface area (Å²) >= 11 is 3.33. The third-order valence-electron chi connectivity index (χ3n) is 4.01. The SMILES string of the molecule is c1ccc2oc(CCCSc3nnc(NC[C@@H]4CCCO4)s3)nc2c1. The lowest BCUT2D eigenvalue weighted by atomic mass is 10.2. The van der Waals surface area contributed by atoms with Gasteiger partial charge in [-0.15, -0.1) is 10.2 Å². The minimum atomic E-state index is 0.316. The molecule has 1 aliphatic rings. The second-order valence-corrected chi connectivity index (χ2v) is 8.24. The van der Waals surface area contributed by atoms with E-state index in [2.05, 4.69) is 20.5 Å². The molecule has 1 fully saturated rings. The summed E-state index contributed by atoms with van der Waals surface area (Å²) in [5.74, 6) is 1.78. The molecule has 1 N–H and O–H groups in total. The molecule has 132 valence electrons. The van der Waals surface area contributed by atoms with E-state index < -0.39 is 0 Å². The number of nitrogens with one attached hydrogen (secondary N) is 1. The van der Waals surface area contributed by atoms with Gasteiger partial charge in [-0.05, 0) is 31.4 Å². The molecule has 6 nitrogen and oxygen atoms in total. The van der Waals surface area contributed by atoms with Crippen LogP contribution < -0.4 is 5.32 Å². The molecule has 0 saturated carbocycles. The number of anilines is 1. The molecular formula is C17H20N4O2S2. The fourth-order valence-electron chi connectivity index (χ4n) is 2.76. The predicted molar refractivity (Wildman–Crippen MR) is 100 cm³/mol. The maximum Gasteiger partial charge on any atom is 0.206 e. The van der Waals surface area contributed by atoms with Crippen LogP contribution in [-0.2, 0) is 11.2 Å². The first-order valence-electron chi connectivity index (χ1n) is 8.53. The molecule has 2 aromatic heterocycles. The molecule has 25 heavy (non-hydrogen) atoms. The second-order valence-electron chi connectivity index (χ2n) is 5.92. The second kappa shape index (κ2) is 8.16. The van der Waals surface area contributed by atoms with Gasteiger partial charge in [0.05, 0.1) is 6.10 Å². The highest BCUT2D eigenvalue weighted by Crippen LogP contribution is 2.27. The van der Waals surface area contributed by atoms with E-state index in [4.69, 9.17) is 9.15 Å². The lowest BCUT2D eigenvalue weighted by Crippen LogP contribution is -2.18. The van der Waals surface area contributed by atoms with Gasteiger partial charge in [-0.1, -0.05) is 35.2 Å². The summed E-state index contributed by atoms with van der Waals surface area (Å²) in [4.78, 5) is 4.50. The summed E-state index contributed by atoms with van der Waals surface area (Å²) < 4.78 is 12.3. The number of ether oxygens (including phenoxy) is 1. The van der Waals surface area contributed by atoms with E-state index in [1.807, 2.05) is 24.3 Å². The normalized spacial score (nSPS) is 17.4. The Kier molecular flexibility index (Phi) is 5.49. The van der Waals surface area contributed by atoms with Crippen LogP contribution in [0, 0.1) is 0 Å². The largest absolute Gasteiger partial charge is 0.441 e. The Morgan fingerprint density at radius 2 is 2.24 bits per heavy atom. The molecule has 1 aliphatic heterocycles. The summed E-state index contributed by atoms with van der Waals surface area (Å²) in [5.41, 5.74) is 1.78. The standard InChI is InChI=1S/C17H20N4O2S2/c1-2-7-14-13(6-1)19-15(23-14)8-4-10-24-17-21-20-16(25-17)18-11-12-5-3-9-22-12/h1-2,6-7,12H,3-5,8-11H2,(H,18,20)/t12-/m0/s1. The molecule has 0 unspecified atom stereocenters. The minimum Gasteiger partial charge on any atom is -0.441 e. The Morgan fingerprint density at radius 3 is 3.12 bits per heavy atom. The van der Waals surface area contributed by atoms with E-state index in [0.717, 1.165) is 71.0 Å². The van der Waals surface area contributed by atoms with Crippen molar-refractivity contribution < 1.29 is 9.15 Å². The molecule has 1 atom stereocenters. The van der Waals surface area contributed by atoms with E-state index in [1.54, 1.807) is 23.1 Å². The van der Waals surface area contributed by atoms with Crippen LogP contribution in [-0.4, -0.2) is 40.2 Å². The van der Waals surface area contributed by atoms with Crippen molar-refractivity contribution in [1.82, 2.24) is 15.2 Å². The Bertz CT molecular complexity index is 781. The summed E-state index contributed by atoms with van der Waals surface area (Å²) in [6.45, 7) is 1.70. The van der Waals surface area contributed by atoms with Crippen LogP contribution in [0.3, 0.4) is 0 Å². The molecule has 8 heteroatoms. The van der Waals surface area contributed by atoms with Gasteiger partial charge in [-0.25, -0.2) is 4.98 Å². The van der Waals surface area contributed by atoms with E-state index in [9.17, 15) is 0 Å². The summed E-state index contributed by atoms with van der Waals surface area (Å²) in [7, 11) is 0. The van der Waals surface area contributed by atoms with E-state index in [0.29, 0.717) is 6.10 Å². The first-order chi connectivity index (χ1) is 12.4. The van der Waals surface area contributed by atoms with E-state index in [1.165, 1.54) is 0 Å². The molecule has 4 rings (SSSR count). The van der Waals surface area contributed by atoms with Crippen molar-refractivity contribution >= 4 is 39.3 Å². The van der Waals surface area contributed by atoms with Crippen molar-refractivity contribution in [1.29, 1.82) is 0 Å². The Hall–Kier alpha value is -1.64. The monoisotopic (exact) mass is 376 g/mol. The molecule has 0 bridgehead atoms. The van der Waals surface area contributed by atoms with Crippen LogP contribution in [0.25, 0.3) is 11.1 Å². The van der Waals surface area contributed by atoms with E-state index in [-0.39, 0.29) is 0 Å². The number of hydrogen-bond acceptors (Lipinski definition) is 8. The number of oxazole rings is 1. The lowest BCUT2D eigenvalue weighted by molar-refractivity contribution is 0.120. The third-order valence-corrected chi connectivity index (χ3v) is 6.11. The van der Waals surface area contributed by atoms with Crippen molar-refractivity contribution in [2.24, 2.45) is 0 Å². The topological polar surface area (TPSA) is 73.1 Å². The molecule has 0 spiro atoms. The van der Waals surface area contributed by atoms with Gasteiger partial charge in [0.15, 0.2) is 15.8 Å². The zero-order chi connectivity index (χ0) is 16.9. The summed E-state index contributed by atoms with van der Waals surface area (Å²) in [5, 5.41) is 12.6. The number of benzene rings is 1. The Morgan fingerprint density at radius 1 is 1.28 bits per heavy atom. The Balaban J connectivity index is 1.19. The molecular weight excluding hydrogens is 356 g/mol. The summed E-state index contributed by atoms with van der Waals surface area (Å²) in [6.07, 6.45) is 4.43. The zero-order valence-electron chi connectivity index (χ0n) is 13.8. The van der Waals surface area contributed by atoms with Crippen molar-refractivity contribution in [2.45, 2.75) is 36.1 Å². The van der Waals surface area contributed by atoms with Gasteiger partial charge in [0, 0.05) is 25.3 Å². The number of para-hydroxylation sites is 2. The van der Waals surface area contributed by atoms with Crippen LogP contribution in [0.15, 0.2) is 33.0 Å². The van der Waals surface area contributed by atoms with E-state index >= 15 is 0 Å². The molecule has 3 aromatic rings. The quantitative estimate of drug-likeness (QED) is 0.470. The fourth-order valence-corrected chi connectivity index (χ4v) is 4.52. The van der Waals surface area contributed by atoms with Crippen LogP contribution in [0.1, 0.15) is 25.2 Å². The van der Waals surface area contributed by atoms with Gasteiger partial charge in [0.25, 0.3) is 0 Å². The van der Waals surface area contributed by atoms with Gasteiger partial charge < -0.3 is 14.5 Å². The third kappa shape index (κ3) is 4.50. The van der Waals surface area contributed by atoms with Crippen molar-refractivity contribution in [3.8, 4) is 0 Å². The van der Waals surface area contributed by atoms with Gasteiger partial charge in [0.1, 0.15) is 5.52 Å². The minimum absolute atomic E-state index is 0.316. The van der Waals surface area contributed by atoms with Crippen molar-refractivity contribution in [2.75, 3.05) is 24.2 Å². The maximum absolute atomic E-state index is 5.74. The molecule has 0 aliphatic carbocycles. The Labute approximate surface area is 154 Å². The van der Waals surface area contributed by atoms with Crippen molar-refractivity contribution in [3.05, 3.63) is 30.2 Å². The summed E-state index contributed by atoms with van der Waals surface area (Å²) in [6, 6.07) is 7.87. The fraction of sp³-hybridized carbons (Fsp3) is 0.471. The average molecular weight is 377 g/mol. The highest BCUT2D eigenvalue weighted by atomic mass is 32.2. The van der Waals surface area contributed by atoms with Crippen LogP contribution in [0.4, 0.5) is 5.13 Å². The average Bonchev–Trinajstić information content (AvgIpc) is 3.37. The first kappa shape index (κ1) is 16.8. The van der Waals surface area contributed by atoms with Crippen LogP contribution >= 0.6 is 23.1 Å². The van der Waals surface area contributed by atoms with Crippen molar-refractivity contribution in [3.63, 3.8) is 0 Å². The maximum atomic E-state index is 5.74. The molecule has 0 amide bonds. The molecule has 1 aromatic carbocycles. The van der Waals surface area contributed by atoms with Crippen LogP contribution in [0.5, 0.6) is 0 Å². The van der Waals surface area contributed by atoms with Gasteiger partial charge in [0.2, 0.25) is 5.13 Å². The van der Waals surface area contributed by atoms with Gasteiger partial charge >= 0.3 is 0 Å². The van der Waals surface area contributed by atoms with Gasteiger partial charge in [-0.2, -0.15) is 0 Å². The smallest absolute Gasteiger partial charge is 0.206 e. The number of hydrogen-bond donors (Lipinski definition) is 1. The van der Waals surface area contributed by atoms with Crippen LogP contribution in [0.2, 0.25) is 0 Å². The number of aryl methyl sites for hydroxylation is 1. The lowest BCUT2D eigenvalue weighted by Gasteiger charge is -2.08. The number of nitrogens with zero attached hydrogens (tertiary/aromatic N) is 3. The number of rotatable bonds is 8. The van der Waals surface area contributed by atoms with Gasteiger partial charge in [-0.3, -0.25) is 0 Å². The first-order valence-corrected chi connectivity index (χ1v) is 10.3. The molecule has 3 heterocycles. The number of thioether (sulfide) groups is 1. The zero-order valence-corrected chi connectivity index (χ0v) is 15.4. The molecule has 1 saturated heterocycles. The number of fused-ring (bicyclic) bond motifs is 1. The molecule has 0 radical (unpaired) electrons. The number of aromatic nitrogens is 3. The predicted octanol–water partition coefficient (Wildman–Crippen LogP) is 4.00. The highest BCUT2D eigenvalue weighted by Gasteiger charge is 2.15. The highest BCUT2D eigenvalue weighted by molar-refractivity contribution is 8.01.